The molecule has 0 bridgehead atoms. The molecule has 15 heavy (non-hydrogen) atoms. The maximum Gasteiger partial charge on any atom is 0.137 e. The first-order valence-corrected chi connectivity index (χ1v) is 5.23. The van der Waals surface area contributed by atoms with Crippen LogP contribution in [0.5, 0.6) is 5.75 Å². The minimum atomic E-state index is 0.655. The van der Waals surface area contributed by atoms with Crippen LogP contribution in [0.25, 0.3) is 0 Å². The van der Waals surface area contributed by atoms with E-state index in [-0.39, 0.29) is 0 Å². The highest BCUT2D eigenvalue weighted by Gasteiger charge is 2.04. The van der Waals surface area contributed by atoms with E-state index in [2.05, 4.69) is 26.0 Å². The maximum atomic E-state index is 5.27. The Morgan fingerprint density at radius 2 is 2.33 bits per heavy atom. The predicted octanol–water partition coefficient (Wildman–Crippen LogP) is 2.10. The van der Waals surface area contributed by atoms with Gasteiger partial charge in [0.1, 0.15) is 18.4 Å². The summed E-state index contributed by atoms with van der Waals surface area (Å²) in [5.41, 5.74) is 1.07. The molecule has 2 rings (SSSR count). The van der Waals surface area contributed by atoms with Crippen molar-refractivity contribution in [3.63, 3.8) is 0 Å². The highest BCUT2D eigenvalue weighted by molar-refractivity contribution is 9.10. The minimum absolute atomic E-state index is 0.655. The first-order valence-electron chi connectivity index (χ1n) is 4.44. The molecule has 1 heterocycles. The fraction of sp³-hybridized carbons (Fsp3) is 0.200. The Morgan fingerprint density at radius 1 is 1.47 bits per heavy atom. The van der Waals surface area contributed by atoms with Crippen molar-refractivity contribution in [2.24, 2.45) is 0 Å². The van der Waals surface area contributed by atoms with Crippen LogP contribution in [0.4, 0.5) is 0 Å². The van der Waals surface area contributed by atoms with E-state index < -0.39 is 0 Å². The van der Waals surface area contributed by atoms with Crippen LogP contribution in [0.1, 0.15) is 5.56 Å². The third-order valence-corrected chi connectivity index (χ3v) is 2.53. The summed E-state index contributed by atoms with van der Waals surface area (Å²) in [5, 5.41) is 4.05. The molecule has 0 N–H and O–H groups in total. The van der Waals surface area contributed by atoms with Crippen molar-refractivity contribution in [1.29, 1.82) is 0 Å². The second-order valence-corrected chi connectivity index (χ2v) is 3.96. The van der Waals surface area contributed by atoms with Crippen molar-refractivity contribution in [1.82, 2.24) is 14.8 Å². The summed E-state index contributed by atoms with van der Waals surface area (Å²) in [4.78, 5) is 3.90. The largest absolute Gasteiger partial charge is 0.496 e. The van der Waals surface area contributed by atoms with E-state index in [1.54, 1.807) is 18.1 Å². The summed E-state index contributed by atoms with van der Waals surface area (Å²) in [5.74, 6) is 0.855. The molecule has 0 spiro atoms. The van der Waals surface area contributed by atoms with Crippen LogP contribution in [0.3, 0.4) is 0 Å². The van der Waals surface area contributed by atoms with E-state index in [1.807, 2.05) is 18.2 Å². The zero-order chi connectivity index (χ0) is 10.7. The lowest BCUT2D eigenvalue weighted by atomic mass is 10.2. The van der Waals surface area contributed by atoms with Crippen LogP contribution in [0.2, 0.25) is 0 Å². The molecule has 0 aliphatic carbocycles. The first kappa shape index (κ1) is 10.2. The van der Waals surface area contributed by atoms with Gasteiger partial charge in [0, 0.05) is 10.0 Å². The maximum absolute atomic E-state index is 5.27. The van der Waals surface area contributed by atoms with Gasteiger partial charge in [-0.1, -0.05) is 15.9 Å². The van der Waals surface area contributed by atoms with Gasteiger partial charge < -0.3 is 4.74 Å². The molecule has 0 aliphatic heterocycles. The molecule has 0 aliphatic rings. The van der Waals surface area contributed by atoms with E-state index in [1.165, 1.54) is 6.33 Å². The second kappa shape index (κ2) is 4.44. The normalized spacial score (nSPS) is 10.3. The Balaban J connectivity index is 2.30. The molecule has 0 amide bonds. The number of benzene rings is 1. The van der Waals surface area contributed by atoms with Crippen molar-refractivity contribution in [3.8, 4) is 5.75 Å². The van der Waals surface area contributed by atoms with Crippen molar-refractivity contribution in [2.45, 2.75) is 6.54 Å². The van der Waals surface area contributed by atoms with E-state index in [4.69, 9.17) is 4.74 Å². The SMILES string of the molecule is COc1ccc(Br)cc1Cn1cncn1. The average Bonchev–Trinajstić information content (AvgIpc) is 2.71. The lowest BCUT2D eigenvalue weighted by Crippen LogP contribution is -2.02. The molecule has 5 heteroatoms. The number of methoxy groups -OCH3 is 1. The quantitative estimate of drug-likeness (QED) is 0.855. The van der Waals surface area contributed by atoms with E-state index in [0.29, 0.717) is 6.54 Å². The lowest BCUT2D eigenvalue weighted by molar-refractivity contribution is 0.407. The summed E-state index contributed by atoms with van der Waals surface area (Å²) < 4.78 is 8.05. The van der Waals surface area contributed by atoms with Crippen molar-refractivity contribution < 1.29 is 4.74 Å². The molecule has 2 aromatic rings. The van der Waals surface area contributed by atoms with Gasteiger partial charge in [-0.25, -0.2) is 9.67 Å². The van der Waals surface area contributed by atoms with Gasteiger partial charge in [-0.05, 0) is 18.2 Å². The van der Waals surface area contributed by atoms with Crippen LogP contribution in [0.15, 0.2) is 35.3 Å². The molecule has 0 radical (unpaired) electrons. The highest BCUT2D eigenvalue weighted by atomic mass is 79.9. The first-order chi connectivity index (χ1) is 7.29. The molecule has 1 aromatic carbocycles. The highest BCUT2D eigenvalue weighted by Crippen LogP contribution is 2.23. The van der Waals surface area contributed by atoms with Gasteiger partial charge in [-0.15, -0.1) is 0 Å². The van der Waals surface area contributed by atoms with E-state index in [0.717, 1.165) is 15.8 Å². The average molecular weight is 268 g/mol. The number of hydrogen-bond donors (Lipinski definition) is 0. The van der Waals surface area contributed by atoms with Crippen LogP contribution in [0, 0.1) is 0 Å². The van der Waals surface area contributed by atoms with E-state index >= 15 is 0 Å². The number of rotatable bonds is 3. The van der Waals surface area contributed by atoms with Gasteiger partial charge in [0.2, 0.25) is 0 Å². The Morgan fingerprint density at radius 3 is 3.00 bits per heavy atom. The topological polar surface area (TPSA) is 39.9 Å². The Labute approximate surface area is 96.0 Å². The summed E-state index contributed by atoms with van der Waals surface area (Å²) >= 11 is 3.43. The fourth-order valence-electron chi connectivity index (χ4n) is 1.36. The summed E-state index contributed by atoms with van der Waals surface area (Å²) in [6, 6.07) is 5.89. The number of aromatic nitrogens is 3. The van der Waals surface area contributed by atoms with Gasteiger partial charge in [0.05, 0.1) is 13.7 Å². The van der Waals surface area contributed by atoms with Crippen LogP contribution in [-0.4, -0.2) is 21.9 Å². The predicted molar refractivity (Wildman–Crippen MR) is 59.8 cm³/mol. The summed E-state index contributed by atoms with van der Waals surface area (Å²) in [6.07, 6.45) is 3.20. The Bertz CT molecular complexity index is 442. The third-order valence-electron chi connectivity index (χ3n) is 2.04. The standard InChI is InChI=1S/C10H10BrN3O/c1-15-10-3-2-9(11)4-8(10)5-14-7-12-6-13-14/h2-4,6-7H,5H2,1H3. The van der Waals surface area contributed by atoms with Crippen molar-refractivity contribution >= 4 is 15.9 Å². The number of hydrogen-bond acceptors (Lipinski definition) is 3. The van der Waals surface area contributed by atoms with E-state index in [9.17, 15) is 0 Å². The zero-order valence-corrected chi connectivity index (χ0v) is 9.81. The molecular formula is C10H10BrN3O. The molecule has 1 aromatic heterocycles. The molecule has 0 saturated heterocycles. The molecule has 78 valence electrons. The van der Waals surface area contributed by atoms with Crippen LogP contribution >= 0.6 is 15.9 Å². The Kier molecular flexibility index (Phi) is 3.01. The summed E-state index contributed by atoms with van der Waals surface area (Å²) in [7, 11) is 1.66. The molecule has 0 fully saturated rings. The van der Waals surface area contributed by atoms with Crippen molar-refractivity contribution in [2.75, 3.05) is 7.11 Å². The Hall–Kier alpha value is -1.36. The second-order valence-electron chi connectivity index (χ2n) is 3.05. The molecule has 0 saturated carbocycles. The number of halogens is 1. The molecule has 4 nitrogen and oxygen atoms in total. The van der Waals surface area contributed by atoms with Crippen LogP contribution in [-0.2, 0) is 6.54 Å². The molecule has 0 atom stereocenters. The van der Waals surface area contributed by atoms with Gasteiger partial charge in [0.15, 0.2) is 0 Å². The van der Waals surface area contributed by atoms with Gasteiger partial charge >= 0.3 is 0 Å². The van der Waals surface area contributed by atoms with Gasteiger partial charge in [-0.2, -0.15) is 5.10 Å². The van der Waals surface area contributed by atoms with Gasteiger partial charge in [-0.3, -0.25) is 0 Å². The fourth-order valence-corrected chi connectivity index (χ4v) is 1.77. The molecule has 0 unspecified atom stereocenters. The molecular weight excluding hydrogens is 258 g/mol. The minimum Gasteiger partial charge on any atom is -0.496 e. The lowest BCUT2D eigenvalue weighted by Gasteiger charge is -2.08. The third kappa shape index (κ3) is 2.36. The number of ether oxygens (including phenoxy) is 1. The zero-order valence-electron chi connectivity index (χ0n) is 8.22. The summed E-state index contributed by atoms with van der Waals surface area (Å²) in [6.45, 7) is 0.655. The monoisotopic (exact) mass is 267 g/mol. The van der Waals surface area contributed by atoms with Gasteiger partial charge in [0.25, 0.3) is 0 Å². The number of nitrogens with zero attached hydrogens (tertiary/aromatic N) is 3. The van der Waals surface area contributed by atoms with Crippen LogP contribution < -0.4 is 4.74 Å². The smallest absolute Gasteiger partial charge is 0.137 e. The van der Waals surface area contributed by atoms with Crippen molar-refractivity contribution in [3.05, 3.63) is 40.9 Å².